The SMILES string of the molecule is Cl.O=C(Nc1ccnc2ccnn12)C1CCCCN1. The molecule has 1 saturated heterocycles. The Morgan fingerprint density at radius 2 is 2.26 bits per heavy atom. The predicted molar refractivity (Wildman–Crippen MR) is 74.5 cm³/mol. The topological polar surface area (TPSA) is 71.3 Å². The Morgan fingerprint density at radius 1 is 1.37 bits per heavy atom. The highest BCUT2D eigenvalue weighted by atomic mass is 35.5. The van der Waals surface area contributed by atoms with Gasteiger partial charge >= 0.3 is 0 Å². The minimum Gasteiger partial charge on any atom is -0.309 e. The van der Waals surface area contributed by atoms with Gasteiger partial charge in [-0.2, -0.15) is 9.61 Å². The Morgan fingerprint density at radius 3 is 3.05 bits per heavy atom. The van der Waals surface area contributed by atoms with Gasteiger partial charge in [-0.3, -0.25) is 4.79 Å². The van der Waals surface area contributed by atoms with E-state index in [9.17, 15) is 4.79 Å². The van der Waals surface area contributed by atoms with Crippen LogP contribution >= 0.6 is 12.4 Å². The molecule has 2 N–H and O–H groups in total. The van der Waals surface area contributed by atoms with Gasteiger partial charge in [0.25, 0.3) is 0 Å². The molecule has 19 heavy (non-hydrogen) atoms. The number of nitrogens with zero attached hydrogens (tertiary/aromatic N) is 3. The Balaban J connectivity index is 0.00000133. The van der Waals surface area contributed by atoms with Crippen LogP contribution < -0.4 is 10.6 Å². The Hall–Kier alpha value is -1.66. The number of anilines is 1. The number of hydrogen-bond acceptors (Lipinski definition) is 4. The molecule has 2 aromatic heterocycles. The summed E-state index contributed by atoms with van der Waals surface area (Å²) in [7, 11) is 0. The molecule has 1 aliphatic rings. The van der Waals surface area contributed by atoms with E-state index in [4.69, 9.17) is 0 Å². The molecule has 102 valence electrons. The van der Waals surface area contributed by atoms with E-state index in [1.165, 1.54) is 0 Å². The van der Waals surface area contributed by atoms with E-state index < -0.39 is 0 Å². The minimum atomic E-state index is -0.0995. The van der Waals surface area contributed by atoms with Gasteiger partial charge in [0.15, 0.2) is 5.65 Å². The lowest BCUT2D eigenvalue weighted by atomic mass is 10.0. The molecule has 1 amide bonds. The van der Waals surface area contributed by atoms with Crippen molar-refractivity contribution in [3.63, 3.8) is 0 Å². The van der Waals surface area contributed by atoms with E-state index in [2.05, 4.69) is 20.7 Å². The number of carbonyl (C=O) groups is 1. The zero-order valence-electron chi connectivity index (χ0n) is 10.4. The van der Waals surface area contributed by atoms with Gasteiger partial charge in [-0.15, -0.1) is 12.4 Å². The average Bonchev–Trinajstić information content (AvgIpc) is 2.89. The van der Waals surface area contributed by atoms with Gasteiger partial charge in [0.1, 0.15) is 5.82 Å². The van der Waals surface area contributed by atoms with Crippen LogP contribution in [-0.2, 0) is 4.79 Å². The number of carbonyl (C=O) groups excluding carboxylic acids is 1. The van der Waals surface area contributed by atoms with Crippen molar-refractivity contribution in [3.05, 3.63) is 24.5 Å². The summed E-state index contributed by atoms with van der Waals surface area (Å²) in [6.45, 7) is 0.908. The zero-order chi connectivity index (χ0) is 12.4. The van der Waals surface area contributed by atoms with Crippen LogP contribution in [0.4, 0.5) is 5.82 Å². The van der Waals surface area contributed by atoms with Crippen LogP contribution in [-0.4, -0.2) is 33.1 Å². The van der Waals surface area contributed by atoms with E-state index in [0.29, 0.717) is 5.82 Å². The first kappa shape index (κ1) is 13.8. The van der Waals surface area contributed by atoms with Gasteiger partial charge in [0.2, 0.25) is 5.91 Å². The van der Waals surface area contributed by atoms with Crippen molar-refractivity contribution < 1.29 is 4.79 Å². The average molecular weight is 282 g/mol. The third kappa shape index (κ3) is 2.85. The minimum absolute atomic E-state index is 0. The lowest BCUT2D eigenvalue weighted by Gasteiger charge is -2.22. The van der Waals surface area contributed by atoms with Crippen LogP contribution in [0.5, 0.6) is 0 Å². The summed E-state index contributed by atoms with van der Waals surface area (Å²) in [6.07, 6.45) is 6.46. The number of hydrogen-bond donors (Lipinski definition) is 2. The summed E-state index contributed by atoms with van der Waals surface area (Å²) < 4.78 is 1.63. The van der Waals surface area contributed by atoms with Gasteiger partial charge in [0.05, 0.1) is 12.2 Å². The predicted octanol–water partition coefficient (Wildman–Crippen LogP) is 1.23. The molecule has 7 heteroatoms. The van der Waals surface area contributed by atoms with Crippen molar-refractivity contribution in [2.24, 2.45) is 0 Å². The molecule has 0 aliphatic carbocycles. The largest absolute Gasteiger partial charge is 0.309 e. The van der Waals surface area contributed by atoms with Crippen molar-refractivity contribution in [2.75, 3.05) is 11.9 Å². The molecule has 0 aromatic carbocycles. The number of amides is 1. The van der Waals surface area contributed by atoms with Gasteiger partial charge < -0.3 is 10.6 Å². The molecule has 3 rings (SSSR count). The van der Waals surface area contributed by atoms with Gasteiger partial charge in [-0.1, -0.05) is 6.42 Å². The van der Waals surface area contributed by atoms with Crippen molar-refractivity contribution in [1.29, 1.82) is 0 Å². The highest BCUT2D eigenvalue weighted by Gasteiger charge is 2.21. The van der Waals surface area contributed by atoms with Gasteiger partial charge in [-0.05, 0) is 25.5 Å². The van der Waals surface area contributed by atoms with Crippen molar-refractivity contribution in [1.82, 2.24) is 19.9 Å². The normalized spacial score (nSPS) is 18.8. The molecule has 0 saturated carbocycles. The monoisotopic (exact) mass is 281 g/mol. The molecule has 1 atom stereocenters. The Kier molecular flexibility index (Phi) is 4.34. The van der Waals surface area contributed by atoms with Crippen molar-refractivity contribution >= 4 is 29.8 Å². The molecule has 6 nitrogen and oxygen atoms in total. The highest BCUT2D eigenvalue weighted by Crippen LogP contribution is 2.12. The fourth-order valence-corrected chi connectivity index (χ4v) is 2.22. The summed E-state index contributed by atoms with van der Waals surface area (Å²) in [5.41, 5.74) is 0.726. The molecule has 3 heterocycles. The zero-order valence-corrected chi connectivity index (χ0v) is 11.2. The molecular formula is C12H16ClN5O. The number of rotatable bonds is 2. The molecule has 0 radical (unpaired) electrons. The molecule has 2 aromatic rings. The van der Waals surface area contributed by atoms with Crippen LogP contribution in [0, 0.1) is 0 Å². The van der Waals surface area contributed by atoms with Crippen LogP contribution in [0.25, 0.3) is 5.65 Å². The Bertz CT molecular complexity index is 564. The lowest BCUT2D eigenvalue weighted by molar-refractivity contribution is -0.118. The highest BCUT2D eigenvalue weighted by molar-refractivity contribution is 5.94. The van der Waals surface area contributed by atoms with E-state index >= 15 is 0 Å². The smallest absolute Gasteiger partial charge is 0.242 e. The molecule has 0 bridgehead atoms. The van der Waals surface area contributed by atoms with E-state index in [1.54, 1.807) is 29.0 Å². The summed E-state index contributed by atoms with van der Waals surface area (Å²) in [5, 5.41) is 10.3. The van der Waals surface area contributed by atoms with Crippen molar-refractivity contribution in [2.45, 2.75) is 25.3 Å². The third-order valence-corrected chi connectivity index (χ3v) is 3.17. The van der Waals surface area contributed by atoms with Crippen LogP contribution in [0.2, 0.25) is 0 Å². The first-order chi connectivity index (χ1) is 8.84. The summed E-state index contributed by atoms with van der Waals surface area (Å²) in [5.74, 6) is 0.653. The number of aromatic nitrogens is 3. The summed E-state index contributed by atoms with van der Waals surface area (Å²) >= 11 is 0. The van der Waals surface area contributed by atoms with Crippen LogP contribution in [0.3, 0.4) is 0 Å². The number of fused-ring (bicyclic) bond motifs is 1. The first-order valence-corrected chi connectivity index (χ1v) is 6.17. The number of nitrogens with one attached hydrogen (secondary N) is 2. The third-order valence-electron chi connectivity index (χ3n) is 3.17. The first-order valence-electron chi connectivity index (χ1n) is 6.17. The fraction of sp³-hybridized carbons (Fsp3) is 0.417. The number of halogens is 1. The molecule has 1 aliphatic heterocycles. The maximum atomic E-state index is 12.1. The van der Waals surface area contributed by atoms with E-state index in [0.717, 1.165) is 31.5 Å². The lowest BCUT2D eigenvalue weighted by Crippen LogP contribution is -2.43. The van der Waals surface area contributed by atoms with Gasteiger partial charge in [-0.25, -0.2) is 4.98 Å². The standard InChI is InChI=1S/C12H15N5O.ClH/c18-12(9-3-1-2-6-13-9)16-11-4-7-14-10-5-8-15-17(10)11;/h4-5,7-9,13H,1-3,6H2,(H,16,18);1H. The molecule has 0 spiro atoms. The van der Waals surface area contributed by atoms with Gasteiger partial charge in [0, 0.05) is 12.3 Å². The van der Waals surface area contributed by atoms with Crippen molar-refractivity contribution in [3.8, 4) is 0 Å². The number of piperidine rings is 1. The second-order valence-corrected chi connectivity index (χ2v) is 4.42. The van der Waals surface area contributed by atoms with E-state index in [-0.39, 0.29) is 24.4 Å². The maximum Gasteiger partial charge on any atom is 0.242 e. The molecule has 1 fully saturated rings. The second kappa shape index (κ2) is 5.99. The van der Waals surface area contributed by atoms with Crippen LogP contribution in [0.15, 0.2) is 24.5 Å². The Labute approximate surface area is 117 Å². The van der Waals surface area contributed by atoms with Crippen LogP contribution in [0.1, 0.15) is 19.3 Å². The summed E-state index contributed by atoms with van der Waals surface area (Å²) in [6, 6.07) is 3.45. The van der Waals surface area contributed by atoms with E-state index in [1.807, 2.05) is 0 Å². The molecular weight excluding hydrogens is 266 g/mol. The maximum absolute atomic E-state index is 12.1. The fourth-order valence-electron chi connectivity index (χ4n) is 2.22. The quantitative estimate of drug-likeness (QED) is 0.869. The molecule has 1 unspecified atom stereocenters. The summed E-state index contributed by atoms with van der Waals surface area (Å²) in [4.78, 5) is 16.3. The second-order valence-electron chi connectivity index (χ2n) is 4.42.